The maximum absolute atomic E-state index is 7.27. The van der Waals surface area contributed by atoms with Crippen LogP contribution in [0.1, 0.15) is 11.4 Å². The molecule has 0 aliphatic heterocycles. The SMILES string of the molecule is [C-]#[N+]c1cc(C[N-]c2ccccc2)nc(C[N-]c2ccccc2)c1.[Cl][Zr+2][Cl]. The Morgan fingerprint density at radius 1 is 0.815 bits per heavy atom. The molecule has 1 aromatic heterocycles. The Kier molecular flexibility index (Phi) is 9.94. The fourth-order valence-corrected chi connectivity index (χ4v) is 2.27. The van der Waals surface area contributed by atoms with Crippen molar-refractivity contribution in [3.63, 3.8) is 0 Å². The zero-order valence-electron chi connectivity index (χ0n) is 14.4. The zero-order chi connectivity index (χ0) is 19.3. The van der Waals surface area contributed by atoms with Gasteiger partial charge in [-0.1, -0.05) is 73.8 Å². The summed E-state index contributed by atoms with van der Waals surface area (Å²) >= 11 is -0.826. The molecule has 3 aromatic rings. The van der Waals surface area contributed by atoms with E-state index >= 15 is 0 Å². The number of rotatable bonds is 6. The van der Waals surface area contributed by atoms with Crippen LogP contribution in [0.25, 0.3) is 15.5 Å². The van der Waals surface area contributed by atoms with E-state index in [-0.39, 0.29) is 0 Å². The number of pyridine rings is 1. The number of hydrogen-bond acceptors (Lipinski definition) is 1. The molecule has 0 N–H and O–H groups in total. The molecule has 0 atom stereocenters. The molecule has 0 saturated heterocycles. The fourth-order valence-electron chi connectivity index (χ4n) is 2.27. The summed E-state index contributed by atoms with van der Waals surface area (Å²) in [6.45, 7) is 8.17. The van der Waals surface area contributed by atoms with E-state index in [1.54, 1.807) is 12.1 Å². The second-order valence-corrected chi connectivity index (χ2v) is 9.03. The third-order valence-electron chi connectivity index (χ3n) is 3.40. The van der Waals surface area contributed by atoms with Crippen molar-refractivity contribution < 1.29 is 20.8 Å². The molecule has 4 nitrogen and oxygen atoms in total. The Hall–Kier alpha value is -1.86. The quantitative estimate of drug-likeness (QED) is 0.343. The first-order valence-electron chi connectivity index (χ1n) is 8.04. The van der Waals surface area contributed by atoms with Gasteiger partial charge in [-0.25, -0.2) is 4.85 Å². The summed E-state index contributed by atoms with van der Waals surface area (Å²) in [6, 6.07) is 23.1. The van der Waals surface area contributed by atoms with Crippen LogP contribution in [0, 0.1) is 6.57 Å². The van der Waals surface area contributed by atoms with Gasteiger partial charge in [0.2, 0.25) is 0 Å². The second kappa shape index (κ2) is 12.5. The van der Waals surface area contributed by atoms with E-state index in [2.05, 4.69) is 20.5 Å². The Bertz CT molecular complexity index is 793. The Morgan fingerprint density at radius 2 is 1.22 bits per heavy atom. The molecule has 0 aliphatic carbocycles. The Morgan fingerprint density at radius 3 is 1.59 bits per heavy atom. The van der Waals surface area contributed by atoms with E-state index in [1.165, 1.54) is 0 Å². The van der Waals surface area contributed by atoms with Crippen LogP contribution in [0.15, 0.2) is 72.8 Å². The van der Waals surface area contributed by atoms with E-state index in [0.29, 0.717) is 18.8 Å². The normalized spacial score (nSPS) is 9.22. The van der Waals surface area contributed by atoms with Crippen LogP contribution in [0.4, 0.5) is 17.1 Å². The Balaban J connectivity index is 0.000000817. The standard InChI is InChI=1S/C20H16N4.2ClH.Zr/c1-21-18-12-19(14-22-16-8-4-2-5-9-16)24-20(13-18)15-23-17-10-6-3-7-11-17;;;/h2-13H,14-15H2;2*1H;/q-2;;;+4/p-2. The van der Waals surface area contributed by atoms with Gasteiger partial charge in [0.1, 0.15) is 0 Å². The van der Waals surface area contributed by atoms with Gasteiger partial charge in [-0.3, -0.25) is 4.98 Å². The molecular formula is C20H16Cl2N4Zr. The third kappa shape index (κ3) is 8.14. The predicted octanol–water partition coefficient (Wildman–Crippen LogP) is 7.42. The van der Waals surface area contributed by atoms with Crippen LogP contribution in [-0.2, 0) is 33.9 Å². The topological polar surface area (TPSA) is 45.5 Å². The zero-order valence-corrected chi connectivity index (χ0v) is 18.4. The van der Waals surface area contributed by atoms with Gasteiger partial charge in [0, 0.05) is 11.4 Å². The molecule has 7 heteroatoms. The van der Waals surface area contributed by atoms with Crippen molar-refractivity contribution in [2.24, 2.45) is 0 Å². The first-order chi connectivity index (χ1) is 13.2. The molecule has 0 unspecified atom stereocenters. The summed E-state index contributed by atoms with van der Waals surface area (Å²) in [7, 11) is 9.87. The van der Waals surface area contributed by atoms with Crippen molar-refractivity contribution >= 4 is 34.1 Å². The van der Waals surface area contributed by atoms with Crippen molar-refractivity contribution in [2.45, 2.75) is 13.1 Å². The third-order valence-corrected chi connectivity index (χ3v) is 3.40. The van der Waals surface area contributed by atoms with E-state index in [9.17, 15) is 0 Å². The van der Waals surface area contributed by atoms with Gasteiger partial charge in [-0.05, 0) is 12.1 Å². The molecule has 134 valence electrons. The Labute approximate surface area is 178 Å². The van der Waals surface area contributed by atoms with Crippen molar-refractivity contribution in [2.75, 3.05) is 0 Å². The fraction of sp³-hybridized carbons (Fsp3) is 0.100. The molecule has 0 saturated carbocycles. The van der Waals surface area contributed by atoms with Crippen molar-refractivity contribution in [1.29, 1.82) is 0 Å². The molecule has 1 heterocycles. The number of halogens is 2. The van der Waals surface area contributed by atoms with E-state index in [0.717, 1.165) is 22.8 Å². The van der Waals surface area contributed by atoms with Gasteiger partial charge < -0.3 is 10.6 Å². The van der Waals surface area contributed by atoms with Crippen LogP contribution < -0.4 is 0 Å². The van der Waals surface area contributed by atoms with Crippen LogP contribution in [0.2, 0.25) is 0 Å². The van der Waals surface area contributed by atoms with Crippen molar-refractivity contribution in [1.82, 2.24) is 4.98 Å². The summed E-state index contributed by atoms with van der Waals surface area (Å²) in [5, 5.41) is 9.03. The van der Waals surface area contributed by atoms with E-state index in [4.69, 9.17) is 23.6 Å². The van der Waals surface area contributed by atoms with Gasteiger partial charge in [0.05, 0.1) is 6.57 Å². The minimum atomic E-state index is -0.826. The van der Waals surface area contributed by atoms with Crippen molar-refractivity contribution in [3.05, 3.63) is 106 Å². The number of aromatic nitrogens is 1. The molecule has 0 bridgehead atoms. The monoisotopic (exact) mass is 472 g/mol. The van der Waals surface area contributed by atoms with Gasteiger partial charge >= 0.3 is 37.9 Å². The molecule has 0 radical (unpaired) electrons. The van der Waals surface area contributed by atoms with Crippen LogP contribution in [0.5, 0.6) is 0 Å². The summed E-state index contributed by atoms with van der Waals surface area (Å²) in [6.07, 6.45) is 0. The van der Waals surface area contributed by atoms with Crippen LogP contribution >= 0.6 is 17.0 Å². The predicted molar refractivity (Wildman–Crippen MR) is 109 cm³/mol. The average molecular weight is 475 g/mol. The van der Waals surface area contributed by atoms with Gasteiger partial charge in [0.15, 0.2) is 5.69 Å². The van der Waals surface area contributed by atoms with Crippen LogP contribution in [-0.4, -0.2) is 4.98 Å². The first kappa shape index (κ1) is 21.4. The van der Waals surface area contributed by atoms with Crippen molar-refractivity contribution in [3.8, 4) is 0 Å². The molecular weight excluding hydrogens is 458 g/mol. The summed E-state index contributed by atoms with van der Waals surface area (Å²) in [4.78, 5) is 8.11. The molecule has 27 heavy (non-hydrogen) atoms. The molecule has 0 aliphatic rings. The minimum absolute atomic E-state index is 0.450. The summed E-state index contributed by atoms with van der Waals surface area (Å²) in [5.41, 5.74) is 3.95. The number of hydrogen-bond donors (Lipinski definition) is 0. The van der Waals surface area contributed by atoms with Gasteiger partial charge in [-0.15, -0.1) is 11.4 Å². The molecule has 0 spiro atoms. The second-order valence-electron chi connectivity index (χ2n) is 5.29. The summed E-state index contributed by atoms with van der Waals surface area (Å²) in [5.74, 6) is 0. The van der Waals surface area contributed by atoms with E-state index < -0.39 is 20.8 Å². The molecule has 3 rings (SSSR count). The average Bonchev–Trinajstić information content (AvgIpc) is 2.73. The number of benzene rings is 2. The summed E-state index contributed by atoms with van der Waals surface area (Å²) < 4.78 is 0. The first-order valence-corrected chi connectivity index (χ1v) is 14.4. The number of para-hydroxylation sites is 2. The molecule has 0 fully saturated rings. The van der Waals surface area contributed by atoms with E-state index in [1.807, 2.05) is 60.7 Å². The molecule has 0 amide bonds. The van der Waals surface area contributed by atoms with Gasteiger partial charge in [0.25, 0.3) is 0 Å². The number of nitrogens with zero attached hydrogens (tertiary/aromatic N) is 4. The molecule has 2 aromatic carbocycles. The van der Waals surface area contributed by atoms with Gasteiger partial charge in [-0.2, -0.15) is 0 Å². The maximum atomic E-state index is 7.27. The van der Waals surface area contributed by atoms with Crippen LogP contribution in [0.3, 0.4) is 0 Å².